The third-order valence-electron chi connectivity index (χ3n) is 3.09. The fourth-order valence-electron chi connectivity index (χ4n) is 2.15. The van der Waals surface area contributed by atoms with Crippen molar-refractivity contribution in [1.82, 2.24) is 0 Å². The van der Waals surface area contributed by atoms with Crippen LogP contribution in [-0.4, -0.2) is 13.7 Å². The van der Waals surface area contributed by atoms with Gasteiger partial charge in [-0.1, -0.05) is 32.9 Å². The standard InChI is InChI=1S/C14H23NO/c1-9(2)13-12(11(4)8-15)7-6-10(3)14(13)16-5/h6-7,9,11H,8,15H2,1-5H3. The molecule has 0 amide bonds. The summed E-state index contributed by atoms with van der Waals surface area (Å²) >= 11 is 0. The summed E-state index contributed by atoms with van der Waals surface area (Å²) in [6.45, 7) is 9.32. The van der Waals surface area contributed by atoms with Gasteiger partial charge < -0.3 is 10.5 Å². The van der Waals surface area contributed by atoms with E-state index in [1.165, 1.54) is 16.7 Å². The minimum Gasteiger partial charge on any atom is -0.496 e. The summed E-state index contributed by atoms with van der Waals surface area (Å²) in [5, 5.41) is 0. The minimum absolute atomic E-state index is 0.381. The van der Waals surface area contributed by atoms with Crippen LogP contribution in [0.2, 0.25) is 0 Å². The van der Waals surface area contributed by atoms with Gasteiger partial charge in [0.05, 0.1) is 7.11 Å². The Labute approximate surface area is 98.8 Å². The first-order valence-electron chi connectivity index (χ1n) is 5.90. The molecular weight excluding hydrogens is 198 g/mol. The van der Waals surface area contributed by atoms with Crippen LogP contribution in [-0.2, 0) is 0 Å². The number of ether oxygens (including phenoxy) is 1. The number of aryl methyl sites for hydroxylation is 1. The molecule has 0 bridgehead atoms. The highest BCUT2D eigenvalue weighted by Gasteiger charge is 2.18. The van der Waals surface area contributed by atoms with Gasteiger partial charge in [-0.25, -0.2) is 0 Å². The van der Waals surface area contributed by atoms with Crippen molar-refractivity contribution in [2.75, 3.05) is 13.7 Å². The van der Waals surface area contributed by atoms with E-state index in [0.717, 1.165) is 5.75 Å². The van der Waals surface area contributed by atoms with Gasteiger partial charge in [0.15, 0.2) is 0 Å². The number of nitrogens with two attached hydrogens (primary N) is 1. The van der Waals surface area contributed by atoms with Crippen molar-refractivity contribution in [3.8, 4) is 5.75 Å². The summed E-state index contributed by atoms with van der Waals surface area (Å²) < 4.78 is 5.53. The van der Waals surface area contributed by atoms with Crippen LogP contribution in [0.15, 0.2) is 12.1 Å². The molecule has 0 fully saturated rings. The molecule has 0 aliphatic heterocycles. The number of hydrogen-bond donors (Lipinski definition) is 1. The molecule has 1 aromatic rings. The molecular formula is C14H23NO. The number of hydrogen-bond acceptors (Lipinski definition) is 2. The van der Waals surface area contributed by atoms with Gasteiger partial charge in [-0.3, -0.25) is 0 Å². The predicted octanol–water partition coefficient (Wildman–Crippen LogP) is 3.19. The molecule has 0 saturated carbocycles. The first-order chi connectivity index (χ1) is 7.52. The molecule has 1 rings (SSSR count). The summed E-state index contributed by atoms with van der Waals surface area (Å²) in [7, 11) is 1.74. The Balaban J connectivity index is 3.38. The molecule has 90 valence electrons. The van der Waals surface area contributed by atoms with E-state index >= 15 is 0 Å². The van der Waals surface area contributed by atoms with Gasteiger partial charge in [-0.05, 0) is 36.4 Å². The Morgan fingerprint density at radius 3 is 2.31 bits per heavy atom. The van der Waals surface area contributed by atoms with Crippen LogP contribution < -0.4 is 10.5 Å². The summed E-state index contributed by atoms with van der Waals surface area (Å²) in [5.41, 5.74) is 9.58. The number of benzene rings is 1. The zero-order chi connectivity index (χ0) is 12.3. The van der Waals surface area contributed by atoms with Crippen LogP contribution in [0.25, 0.3) is 0 Å². The molecule has 1 atom stereocenters. The van der Waals surface area contributed by atoms with Crippen molar-refractivity contribution in [2.24, 2.45) is 5.73 Å². The molecule has 0 spiro atoms. The molecule has 0 heterocycles. The maximum atomic E-state index is 5.76. The van der Waals surface area contributed by atoms with E-state index in [0.29, 0.717) is 18.4 Å². The molecule has 1 aromatic carbocycles. The second-order valence-corrected chi connectivity index (χ2v) is 4.71. The Kier molecular flexibility index (Phi) is 4.36. The Bertz CT molecular complexity index is 358. The first kappa shape index (κ1) is 13.0. The van der Waals surface area contributed by atoms with Crippen LogP contribution in [0, 0.1) is 6.92 Å². The molecule has 0 aliphatic rings. The van der Waals surface area contributed by atoms with Crippen molar-refractivity contribution < 1.29 is 4.74 Å². The Morgan fingerprint density at radius 1 is 1.25 bits per heavy atom. The Hall–Kier alpha value is -1.02. The summed E-state index contributed by atoms with van der Waals surface area (Å²) in [5.74, 6) is 1.86. The van der Waals surface area contributed by atoms with Crippen LogP contribution in [0.3, 0.4) is 0 Å². The third-order valence-corrected chi connectivity index (χ3v) is 3.09. The molecule has 0 radical (unpaired) electrons. The fraction of sp³-hybridized carbons (Fsp3) is 0.571. The molecule has 16 heavy (non-hydrogen) atoms. The van der Waals surface area contributed by atoms with E-state index in [2.05, 4.69) is 39.8 Å². The van der Waals surface area contributed by atoms with Gasteiger partial charge in [-0.15, -0.1) is 0 Å². The quantitative estimate of drug-likeness (QED) is 0.847. The van der Waals surface area contributed by atoms with E-state index in [4.69, 9.17) is 10.5 Å². The van der Waals surface area contributed by atoms with Crippen molar-refractivity contribution in [3.63, 3.8) is 0 Å². The second-order valence-electron chi connectivity index (χ2n) is 4.71. The minimum atomic E-state index is 0.381. The summed E-state index contributed by atoms with van der Waals surface area (Å²) in [6.07, 6.45) is 0. The van der Waals surface area contributed by atoms with Gasteiger partial charge in [0, 0.05) is 5.56 Å². The largest absolute Gasteiger partial charge is 0.496 e. The van der Waals surface area contributed by atoms with Gasteiger partial charge in [0.25, 0.3) is 0 Å². The smallest absolute Gasteiger partial charge is 0.125 e. The van der Waals surface area contributed by atoms with Gasteiger partial charge in [-0.2, -0.15) is 0 Å². The highest BCUT2D eigenvalue weighted by Crippen LogP contribution is 2.36. The van der Waals surface area contributed by atoms with E-state index in [1.807, 2.05) is 0 Å². The third kappa shape index (κ3) is 2.38. The highest BCUT2D eigenvalue weighted by molar-refractivity contribution is 5.49. The molecule has 2 heteroatoms. The lowest BCUT2D eigenvalue weighted by Crippen LogP contribution is -2.13. The summed E-state index contributed by atoms with van der Waals surface area (Å²) in [4.78, 5) is 0. The van der Waals surface area contributed by atoms with Crippen LogP contribution >= 0.6 is 0 Å². The zero-order valence-electron chi connectivity index (χ0n) is 11.0. The molecule has 0 aliphatic carbocycles. The molecule has 1 unspecified atom stereocenters. The van der Waals surface area contributed by atoms with Gasteiger partial charge in [0.2, 0.25) is 0 Å². The SMILES string of the molecule is COc1c(C)ccc(C(C)CN)c1C(C)C. The van der Waals surface area contributed by atoms with Crippen molar-refractivity contribution >= 4 is 0 Å². The molecule has 0 aromatic heterocycles. The van der Waals surface area contributed by atoms with Crippen molar-refractivity contribution in [1.29, 1.82) is 0 Å². The normalized spacial score (nSPS) is 12.9. The highest BCUT2D eigenvalue weighted by atomic mass is 16.5. The fourth-order valence-corrected chi connectivity index (χ4v) is 2.15. The number of rotatable bonds is 4. The van der Waals surface area contributed by atoms with Crippen LogP contribution in [0.1, 0.15) is 49.3 Å². The van der Waals surface area contributed by atoms with E-state index < -0.39 is 0 Å². The van der Waals surface area contributed by atoms with Crippen molar-refractivity contribution in [3.05, 3.63) is 28.8 Å². The maximum absolute atomic E-state index is 5.76. The van der Waals surface area contributed by atoms with Crippen molar-refractivity contribution in [2.45, 2.75) is 39.5 Å². The van der Waals surface area contributed by atoms with E-state index in [-0.39, 0.29) is 0 Å². The lowest BCUT2D eigenvalue weighted by atomic mass is 9.87. The van der Waals surface area contributed by atoms with E-state index in [1.54, 1.807) is 7.11 Å². The van der Waals surface area contributed by atoms with Gasteiger partial charge >= 0.3 is 0 Å². The average molecular weight is 221 g/mol. The van der Waals surface area contributed by atoms with Gasteiger partial charge in [0.1, 0.15) is 5.75 Å². The lowest BCUT2D eigenvalue weighted by Gasteiger charge is -2.22. The lowest BCUT2D eigenvalue weighted by molar-refractivity contribution is 0.403. The Morgan fingerprint density at radius 2 is 1.88 bits per heavy atom. The van der Waals surface area contributed by atoms with Crippen LogP contribution in [0.5, 0.6) is 5.75 Å². The molecule has 2 N–H and O–H groups in total. The van der Waals surface area contributed by atoms with Crippen LogP contribution in [0.4, 0.5) is 0 Å². The van der Waals surface area contributed by atoms with E-state index in [9.17, 15) is 0 Å². The first-order valence-corrected chi connectivity index (χ1v) is 5.90. The molecule has 2 nitrogen and oxygen atoms in total. The second kappa shape index (κ2) is 5.35. The average Bonchev–Trinajstić information content (AvgIpc) is 2.27. The summed E-state index contributed by atoms with van der Waals surface area (Å²) in [6, 6.07) is 4.30. The predicted molar refractivity (Wildman–Crippen MR) is 69.3 cm³/mol. The molecule has 0 saturated heterocycles. The number of methoxy groups -OCH3 is 1. The topological polar surface area (TPSA) is 35.2 Å². The monoisotopic (exact) mass is 221 g/mol. The zero-order valence-corrected chi connectivity index (χ0v) is 11.0. The maximum Gasteiger partial charge on any atom is 0.125 e.